The number of anilines is 2. The molecule has 1 aromatic heterocycles. The standard InChI is InChI=1S/C24H28N4OS/c1-4-6-21(24(29)27-19-12-14-20(15-13-19)28(2)3)17-8-10-18(11-9-17)26-23(25)22-7-5-16-30-22/h5,7-16,21H,4,6H2,1-3H3,(H2,25,26)(H,27,29). The number of thiophene rings is 1. The van der Waals surface area contributed by atoms with E-state index in [-0.39, 0.29) is 11.8 Å². The summed E-state index contributed by atoms with van der Waals surface area (Å²) in [6.45, 7) is 2.09. The van der Waals surface area contributed by atoms with Crippen LogP contribution in [0.3, 0.4) is 0 Å². The number of amidine groups is 1. The van der Waals surface area contributed by atoms with Crippen molar-refractivity contribution in [2.45, 2.75) is 25.7 Å². The molecule has 2 aromatic carbocycles. The van der Waals surface area contributed by atoms with Crippen LogP contribution in [-0.4, -0.2) is 25.8 Å². The first-order valence-electron chi connectivity index (χ1n) is 10.0. The minimum atomic E-state index is -0.212. The van der Waals surface area contributed by atoms with Gasteiger partial charge in [-0.2, -0.15) is 0 Å². The molecule has 0 fully saturated rings. The van der Waals surface area contributed by atoms with Crippen LogP contribution in [0.25, 0.3) is 0 Å². The van der Waals surface area contributed by atoms with Crippen LogP contribution in [0.2, 0.25) is 0 Å². The number of carbonyl (C=O) groups excluding carboxylic acids is 1. The topological polar surface area (TPSA) is 70.7 Å². The van der Waals surface area contributed by atoms with E-state index in [1.165, 1.54) is 0 Å². The maximum absolute atomic E-state index is 13.0. The van der Waals surface area contributed by atoms with Crippen molar-refractivity contribution in [3.05, 3.63) is 76.5 Å². The third-order valence-corrected chi connectivity index (χ3v) is 5.76. The molecule has 1 heterocycles. The summed E-state index contributed by atoms with van der Waals surface area (Å²) in [6, 6.07) is 19.5. The highest BCUT2D eigenvalue weighted by Crippen LogP contribution is 2.26. The van der Waals surface area contributed by atoms with Crippen molar-refractivity contribution in [3.63, 3.8) is 0 Å². The van der Waals surface area contributed by atoms with Gasteiger partial charge in [-0.25, -0.2) is 4.99 Å². The molecule has 3 N–H and O–H groups in total. The zero-order valence-corrected chi connectivity index (χ0v) is 18.4. The van der Waals surface area contributed by atoms with Gasteiger partial charge < -0.3 is 16.0 Å². The first kappa shape index (κ1) is 21.6. The highest BCUT2D eigenvalue weighted by Gasteiger charge is 2.20. The molecule has 5 nitrogen and oxygen atoms in total. The summed E-state index contributed by atoms with van der Waals surface area (Å²) in [4.78, 5) is 20.4. The van der Waals surface area contributed by atoms with Crippen LogP contribution in [0, 0.1) is 0 Å². The molecular weight excluding hydrogens is 392 g/mol. The predicted octanol–water partition coefficient (Wildman–Crippen LogP) is 5.37. The van der Waals surface area contributed by atoms with Crippen molar-refractivity contribution in [2.24, 2.45) is 10.7 Å². The number of nitrogens with zero attached hydrogens (tertiary/aromatic N) is 2. The molecule has 1 amide bonds. The highest BCUT2D eigenvalue weighted by molar-refractivity contribution is 7.12. The summed E-state index contributed by atoms with van der Waals surface area (Å²) in [7, 11) is 3.99. The van der Waals surface area contributed by atoms with Gasteiger partial charge in [-0.15, -0.1) is 11.3 Å². The van der Waals surface area contributed by atoms with Crippen molar-refractivity contribution >= 4 is 40.1 Å². The SMILES string of the molecule is CCCC(C(=O)Nc1ccc(N(C)C)cc1)c1ccc(N=C(N)c2cccs2)cc1. The summed E-state index contributed by atoms with van der Waals surface area (Å²) in [5.74, 6) is 0.293. The van der Waals surface area contributed by atoms with E-state index in [2.05, 4.69) is 17.2 Å². The molecule has 0 saturated heterocycles. The van der Waals surface area contributed by atoms with Gasteiger partial charge in [-0.3, -0.25) is 4.79 Å². The Labute approximate surface area is 182 Å². The monoisotopic (exact) mass is 420 g/mol. The Kier molecular flexibility index (Phi) is 7.25. The van der Waals surface area contributed by atoms with Crippen LogP contribution in [0.15, 0.2) is 71.0 Å². The molecule has 3 rings (SSSR count). The third kappa shape index (κ3) is 5.48. The molecule has 3 aromatic rings. The highest BCUT2D eigenvalue weighted by atomic mass is 32.1. The van der Waals surface area contributed by atoms with Crippen LogP contribution in [0.4, 0.5) is 17.1 Å². The Morgan fingerprint density at radius 2 is 1.80 bits per heavy atom. The van der Waals surface area contributed by atoms with Crippen LogP contribution in [0.1, 0.15) is 36.1 Å². The second-order valence-corrected chi connectivity index (χ2v) is 8.29. The Balaban J connectivity index is 1.73. The molecule has 30 heavy (non-hydrogen) atoms. The Hall–Kier alpha value is -3.12. The second-order valence-electron chi connectivity index (χ2n) is 7.34. The van der Waals surface area contributed by atoms with E-state index in [1.54, 1.807) is 11.3 Å². The molecule has 6 heteroatoms. The number of amides is 1. The zero-order chi connectivity index (χ0) is 21.5. The second kappa shape index (κ2) is 10.1. The lowest BCUT2D eigenvalue weighted by Gasteiger charge is -2.18. The predicted molar refractivity (Wildman–Crippen MR) is 128 cm³/mol. The minimum absolute atomic E-state index is 0.00352. The Morgan fingerprint density at radius 3 is 2.37 bits per heavy atom. The zero-order valence-electron chi connectivity index (χ0n) is 17.6. The lowest BCUT2D eigenvalue weighted by Crippen LogP contribution is -2.21. The van der Waals surface area contributed by atoms with E-state index in [0.717, 1.165) is 40.3 Å². The van der Waals surface area contributed by atoms with Crippen LogP contribution in [0.5, 0.6) is 0 Å². The van der Waals surface area contributed by atoms with Crippen molar-refractivity contribution in [1.82, 2.24) is 0 Å². The fourth-order valence-corrected chi connectivity index (χ4v) is 3.84. The third-order valence-electron chi connectivity index (χ3n) is 4.86. The summed E-state index contributed by atoms with van der Waals surface area (Å²) in [6.07, 6.45) is 1.70. The number of hydrogen-bond donors (Lipinski definition) is 2. The van der Waals surface area contributed by atoms with Gasteiger partial charge in [-0.1, -0.05) is 31.5 Å². The first-order chi connectivity index (χ1) is 14.5. The molecular formula is C24H28N4OS. The molecule has 0 radical (unpaired) electrons. The van der Waals surface area contributed by atoms with Crippen molar-refractivity contribution < 1.29 is 4.79 Å². The summed E-state index contributed by atoms with van der Waals surface area (Å²) >= 11 is 1.56. The van der Waals surface area contributed by atoms with Gasteiger partial charge in [-0.05, 0) is 59.8 Å². The largest absolute Gasteiger partial charge is 0.383 e. The van der Waals surface area contributed by atoms with Gasteiger partial charge >= 0.3 is 0 Å². The minimum Gasteiger partial charge on any atom is -0.383 e. The number of aliphatic imine (C=N–C) groups is 1. The number of hydrogen-bond acceptors (Lipinski definition) is 4. The number of nitrogens with one attached hydrogen (secondary N) is 1. The molecule has 0 spiro atoms. The fourth-order valence-electron chi connectivity index (χ4n) is 3.21. The van der Waals surface area contributed by atoms with E-state index in [4.69, 9.17) is 5.73 Å². The number of rotatable bonds is 8. The fraction of sp³-hybridized carbons (Fsp3) is 0.250. The van der Waals surface area contributed by atoms with E-state index < -0.39 is 0 Å². The number of nitrogens with two attached hydrogens (primary N) is 1. The molecule has 0 aliphatic rings. The molecule has 156 valence electrons. The average molecular weight is 421 g/mol. The van der Waals surface area contributed by atoms with E-state index in [9.17, 15) is 4.79 Å². The lowest BCUT2D eigenvalue weighted by atomic mass is 9.93. The maximum atomic E-state index is 13.0. The van der Waals surface area contributed by atoms with E-state index in [0.29, 0.717) is 5.84 Å². The molecule has 1 unspecified atom stereocenters. The van der Waals surface area contributed by atoms with Crippen LogP contribution >= 0.6 is 11.3 Å². The van der Waals surface area contributed by atoms with Crippen LogP contribution < -0.4 is 16.0 Å². The smallest absolute Gasteiger partial charge is 0.231 e. The maximum Gasteiger partial charge on any atom is 0.231 e. The molecule has 0 aliphatic carbocycles. The van der Waals surface area contributed by atoms with Gasteiger partial charge in [0.25, 0.3) is 0 Å². The average Bonchev–Trinajstić information content (AvgIpc) is 3.28. The number of benzene rings is 2. The normalized spacial score (nSPS) is 12.4. The number of carbonyl (C=O) groups is 1. The quantitative estimate of drug-likeness (QED) is 0.380. The first-order valence-corrected chi connectivity index (χ1v) is 10.9. The lowest BCUT2D eigenvalue weighted by molar-refractivity contribution is -0.117. The molecule has 1 atom stereocenters. The van der Waals surface area contributed by atoms with Crippen molar-refractivity contribution in [1.29, 1.82) is 0 Å². The summed E-state index contributed by atoms with van der Waals surface area (Å²) in [5.41, 5.74) is 9.73. The van der Waals surface area contributed by atoms with Gasteiger partial charge in [0, 0.05) is 25.5 Å². The van der Waals surface area contributed by atoms with Crippen LogP contribution in [-0.2, 0) is 4.79 Å². The van der Waals surface area contributed by atoms with Gasteiger partial charge in [0.1, 0.15) is 5.84 Å². The van der Waals surface area contributed by atoms with Crippen molar-refractivity contribution in [2.75, 3.05) is 24.3 Å². The molecule has 0 saturated carbocycles. The van der Waals surface area contributed by atoms with Gasteiger partial charge in [0.05, 0.1) is 16.5 Å². The van der Waals surface area contributed by atoms with E-state index >= 15 is 0 Å². The van der Waals surface area contributed by atoms with E-state index in [1.807, 2.05) is 85.0 Å². The Morgan fingerprint density at radius 1 is 1.10 bits per heavy atom. The molecule has 0 aliphatic heterocycles. The summed E-state index contributed by atoms with van der Waals surface area (Å²) < 4.78 is 0. The molecule has 0 bridgehead atoms. The van der Waals surface area contributed by atoms with Gasteiger partial charge in [0.2, 0.25) is 5.91 Å². The summed E-state index contributed by atoms with van der Waals surface area (Å²) in [5, 5.41) is 5.03. The Bertz CT molecular complexity index is 977. The van der Waals surface area contributed by atoms with Crippen molar-refractivity contribution in [3.8, 4) is 0 Å². The van der Waals surface area contributed by atoms with Gasteiger partial charge in [0.15, 0.2) is 0 Å².